The topological polar surface area (TPSA) is 54.3 Å². The van der Waals surface area contributed by atoms with Crippen LogP contribution in [0.3, 0.4) is 0 Å². The molecule has 2 aliphatic heterocycles. The molecule has 0 atom stereocenters. The summed E-state index contributed by atoms with van der Waals surface area (Å²) in [7, 11) is 2.04. The lowest BCUT2D eigenvalue weighted by Crippen LogP contribution is -2.53. The Morgan fingerprint density at radius 2 is 1.93 bits per heavy atom. The first-order valence-electron chi connectivity index (χ1n) is 9.95. The SMILES string of the molecule is Cc1cccc(CN2CCCC3(CCN(Cc4cncn4C)CC3)C2=O)n1. The zero-order valence-corrected chi connectivity index (χ0v) is 16.4. The fraction of sp³-hybridized carbons (Fsp3) is 0.571. The molecule has 0 aromatic carbocycles. The normalized spacial score (nSPS) is 20.4. The maximum Gasteiger partial charge on any atom is 0.229 e. The first-order valence-corrected chi connectivity index (χ1v) is 9.95. The second-order valence-corrected chi connectivity index (χ2v) is 8.15. The summed E-state index contributed by atoms with van der Waals surface area (Å²) in [6.45, 7) is 6.37. The Morgan fingerprint density at radius 1 is 1.11 bits per heavy atom. The minimum atomic E-state index is -0.162. The largest absolute Gasteiger partial charge is 0.337 e. The van der Waals surface area contributed by atoms with Gasteiger partial charge in [0, 0.05) is 32.0 Å². The molecule has 144 valence electrons. The van der Waals surface area contributed by atoms with E-state index in [1.807, 2.05) is 49.6 Å². The van der Waals surface area contributed by atoms with Gasteiger partial charge in [-0.1, -0.05) is 6.07 Å². The van der Waals surface area contributed by atoms with Gasteiger partial charge in [0.1, 0.15) is 0 Å². The number of carbonyl (C=O) groups is 1. The molecule has 0 N–H and O–H groups in total. The van der Waals surface area contributed by atoms with Crippen molar-refractivity contribution < 1.29 is 4.79 Å². The number of imidazole rings is 1. The molecule has 2 aromatic heterocycles. The van der Waals surface area contributed by atoms with Crippen LogP contribution in [-0.4, -0.2) is 49.9 Å². The van der Waals surface area contributed by atoms with Gasteiger partial charge in [-0.2, -0.15) is 0 Å². The highest BCUT2D eigenvalue weighted by Gasteiger charge is 2.45. The van der Waals surface area contributed by atoms with Crippen molar-refractivity contribution in [2.24, 2.45) is 12.5 Å². The monoisotopic (exact) mass is 367 g/mol. The molecule has 0 unspecified atom stereocenters. The molecule has 1 spiro atoms. The summed E-state index contributed by atoms with van der Waals surface area (Å²) in [6, 6.07) is 6.05. The third kappa shape index (κ3) is 3.76. The van der Waals surface area contributed by atoms with Gasteiger partial charge in [-0.25, -0.2) is 4.98 Å². The highest BCUT2D eigenvalue weighted by atomic mass is 16.2. The number of rotatable bonds is 4. The van der Waals surface area contributed by atoms with Gasteiger partial charge in [0.2, 0.25) is 5.91 Å². The zero-order chi connectivity index (χ0) is 18.9. The van der Waals surface area contributed by atoms with Crippen LogP contribution in [0.2, 0.25) is 0 Å². The number of hydrogen-bond donors (Lipinski definition) is 0. The molecule has 4 rings (SSSR count). The molecular weight excluding hydrogens is 338 g/mol. The molecule has 2 aromatic rings. The number of aryl methyl sites for hydroxylation is 2. The third-order valence-electron chi connectivity index (χ3n) is 6.24. The van der Waals surface area contributed by atoms with Gasteiger partial charge in [0.25, 0.3) is 0 Å². The summed E-state index contributed by atoms with van der Waals surface area (Å²) in [4.78, 5) is 26.6. The first kappa shape index (κ1) is 18.2. The number of piperidine rings is 2. The lowest BCUT2D eigenvalue weighted by molar-refractivity contribution is -0.150. The Bertz CT molecular complexity index is 806. The van der Waals surface area contributed by atoms with Gasteiger partial charge in [-0.05, 0) is 57.8 Å². The summed E-state index contributed by atoms with van der Waals surface area (Å²) in [5.41, 5.74) is 3.07. The second-order valence-electron chi connectivity index (χ2n) is 8.15. The van der Waals surface area contributed by atoms with Crippen LogP contribution in [0.15, 0.2) is 30.7 Å². The van der Waals surface area contributed by atoms with Gasteiger partial charge in [-0.3, -0.25) is 14.7 Å². The Labute approximate surface area is 161 Å². The Morgan fingerprint density at radius 3 is 2.63 bits per heavy atom. The molecule has 0 radical (unpaired) electrons. The molecule has 6 nitrogen and oxygen atoms in total. The molecule has 1 amide bonds. The molecule has 6 heteroatoms. The molecule has 0 saturated carbocycles. The third-order valence-corrected chi connectivity index (χ3v) is 6.24. The fourth-order valence-electron chi connectivity index (χ4n) is 4.56. The summed E-state index contributed by atoms with van der Waals surface area (Å²) in [5, 5.41) is 0. The number of nitrogens with zero attached hydrogens (tertiary/aromatic N) is 5. The Balaban J connectivity index is 1.40. The average molecular weight is 367 g/mol. The van der Waals surface area contributed by atoms with E-state index < -0.39 is 0 Å². The van der Waals surface area contributed by atoms with E-state index in [1.165, 1.54) is 5.69 Å². The van der Waals surface area contributed by atoms with Crippen molar-refractivity contribution >= 4 is 5.91 Å². The summed E-state index contributed by atoms with van der Waals surface area (Å²) in [6.07, 6.45) is 7.83. The van der Waals surface area contributed by atoms with E-state index in [9.17, 15) is 4.79 Å². The van der Waals surface area contributed by atoms with Crippen LogP contribution in [-0.2, 0) is 24.9 Å². The van der Waals surface area contributed by atoms with Gasteiger partial charge >= 0.3 is 0 Å². The number of pyridine rings is 1. The highest BCUT2D eigenvalue weighted by Crippen LogP contribution is 2.41. The van der Waals surface area contributed by atoms with E-state index in [4.69, 9.17) is 0 Å². The standard InChI is InChI=1S/C21H29N5O/c1-17-5-3-6-18(23-17)14-26-10-4-7-21(20(26)27)8-11-25(12-9-21)15-19-13-22-16-24(19)2/h3,5-6,13,16H,4,7-12,14-15H2,1-2H3. The minimum Gasteiger partial charge on any atom is -0.337 e. The molecule has 2 saturated heterocycles. The maximum absolute atomic E-state index is 13.3. The zero-order valence-electron chi connectivity index (χ0n) is 16.4. The van der Waals surface area contributed by atoms with Crippen molar-refractivity contribution in [1.29, 1.82) is 0 Å². The lowest BCUT2D eigenvalue weighted by Gasteiger charge is -2.46. The van der Waals surface area contributed by atoms with Crippen LogP contribution in [0, 0.1) is 12.3 Å². The van der Waals surface area contributed by atoms with Crippen molar-refractivity contribution in [2.45, 2.75) is 45.7 Å². The molecule has 4 heterocycles. The number of carbonyl (C=O) groups excluding carboxylic acids is 1. The number of hydrogen-bond acceptors (Lipinski definition) is 4. The lowest BCUT2D eigenvalue weighted by atomic mass is 9.71. The molecule has 0 aliphatic carbocycles. The smallest absolute Gasteiger partial charge is 0.229 e. The van der Waals surface area contributed by atoms with Crippen LogP contribution in [0.5, 0.6) is 0 Å². The highest BCUT2D eigenvalue weighted by molar-refractivity contribution is 5.83. The van der Waals surface area contributed by atoms with Crippen molar-refractivity contribution in [3.05, 3.63) is 47.8 Å². The van der Waals surface area contributed by atoms with Crippen LogP contribution >= 0.6 is 0 Å². The Hall–Kier alpha value is -2.21. The Kier molecular flexibility index (Phi) is 5.00. The van der Waals surface area contributed by atoms with Crippen LogP contribution in [0.4, 0.5) is 0 Å². The number of amides is 1. The first-order chi connectivity index (χ1) is 13.1. The van der Waals surface area contributed by atoms with Gasteiger partial charge in [0.05, 0.1) is 29.7 Å². The van der Waals surface area contributed by atoms with Crippen molar-refractivity contribution in [3.8, 4) is 0 Å². The van der Waals surface area contributed by atoms with E-state index in [2.05, 4.69) is 19.4 Å². The minimum absolute atomic E-state index is 0.162. The average Bonchev–Trinajstić information content (AvgIpc) is 3.06. The van der Waals surface area contributed by atoms with E-state index in [0.29, 0.717) is 12.5 Å². The van der Waals surface area contributed by atoms with Crippen LogP contribution in [0.1, 0.15) is 42.8 Å². The molecule has 27 heavy (non-hydrogen) atoms. The number of likely N-dealkylation sites (tertiary alicyclic amines) is 2. The molecule has 2 aliphatic rings. The van der Waals surface area contributed by atoms with Crippen molar-refractivity contribution in [2.75, 3.05) is 19.6 Å². The van der Waals surface area contributed by atoms with Gasteiger partial charge < -0.3 is 9.47 Å². The van der Waals surface area contributed by atoms with E-state index in [1.54, 1.807) is 0 Å². The second kappa shape index (κ2) is 7.43. The van der Waals surface area contributed by atoms with E-state index in [-0.39, 0.29) is 5.41 Å². The predicted molar refractivity (Wildman–Crippen MR) is 104 cm³/mol. The summed E-state index contributed by atoms with van der Waals surface area (Å²) in [5.74, 6) is 0.345. The van der Waals surface area contributed by atoms with Gasteiger partial charge in [-0.15, -0.1) is 0 Å². The molecular formula is C21H29N5O. The van der Waals surface area contributed by atoms with Crippen molar-refractivity contribution in [3.63, 3.8) is 0 Å². The quantitative estimate of drug-likeness (QED) is 0.833. The fourth-order valence-corrected chi connectivity index (χ4v) is 4.56. The van der Waals surface area contributed by atoms with Crippen molar-refractivity contribution in [1.82, 2.24) is 24.3 Å². The summed E-state index contributed by atoms with van der Waals surface area (Å²) < 4.78 is 2.08. The molecule has 0 bridgehead atoms. The maximum atomic E-state index is 13.3. The van der Waals surface area contributed by atoms with Crippen LogP contribution < -0.4 is 0 Å². The number of aromatic nitrogens is 3. The van der Waals surface area contributed by atoms with Gasteiger partial charge in [0.15, 0.2) is 0 Å². The molecule has 2 fully saturated rings. The van der Waals surface area contributed by atoms with E-state index >= 15 is 0 Å². The predicted octanol–water partition coefficient (Wildman–Crippen LogP) is 2.53. The summed E-state index contributed by atoms with van der Waals surface area (Å²) >= 11 is 0. The van der Waals surface area contributed by atoms with Crippen LogP contribution in [0.25, 0.3) is 0 Å². The van der Waals surface area contributed by atoms with E-state index in [0.717, 1.165) is 63.3 Å².